The molecule has 0 radical (unpaired) electrons. The van der Waals surface area contributed by atoms with Crippen LogP contribution in [-0.2, 0) is 4.79 Å². The van der Waals surface area contributed by atoms with Crippen LogP contribution >= 0.6 is 0 Å². The Morgan fingerprint density at radius 2 is 2.22 bits per heavy atom. The van der Waals surface area contributed by atoms with Crippen molar-refractivity contribution < 1.29 is 14.7 Å². The SMILES string of the molecule is O=CCCC=NC(=O)O. The topological polar surface area (TPSA) is 66.7 Å². The Morgan fingerprint density at radius 3 is 2.67 bits per heavy atom. The Morgan fingerprint density at radius 1 is 1.56 bits per heavy atom. The standard InChI is InChI=1S/C5H7NO3/c7-4-2-1-3-6-5(8)9/h3-4H,1-2H2,(H,8,9). The number of carbonyl (C=O) groups excluding carboxylic acids is 1. The van der Waals surface area contributed by atoms with E-state index in [1.54, 1.807) is 0 Å². The van der Waals surface area contributed by atoms with Crippen LogP contribution in [0.1, 0.15) is 12.8 Å². The molecule has 0 heterocycles. The molecule has 4 nitrogen and oxygen atoms in total. The van der Waals surface area contributed by atoms with E-state index in [1.165, 1.54) is 6.21 Å². The van der Waals surface area contributed by atoms with Crippen molar-refractivity contribution in [2.45, 2.75) is 12.8 Å². The molecule has 0 spiro atoms. The van der Waals surface area contributed by atoms with E-state index in [1.807, 2.05) is 0 Å². The molecular formula is C5H7NO3. The van der Waals surface area contributed by atoms with E-state index >= 15 is 0 Å². The molecule has 0 aromatic carbocycles. The smallest absolute Gasteiger partial charge is 0.430 e. The van der Waals surface area contributed by atoms with Gasteiger partial charge < -0.3 is 9.90 Å². The van der Waals surface area contributed by atoms with Crippen molar-refractivity contribution in [2.75, 3.05) is 0 Å². The van der Waals surface area contributed by atoms with Crippen molar-refractivity contribution in [1.29, 1.82) is 0 Å². The van der Waals surface area contributed by atoms with Crippen LogP contribution in [0, 0.1) is 0 Å². The number of hydrogen-bond donors (Lipinski definition) is 1. The predicted octanol–water partition coefficient (Wildman–Crippen LogP) is 0.714. The molecule has 0 atom stereocenters. The number of carboxylic acid groups (broad SMARTS) is 1. The van der Waals surface area contributed by atoms with Crippen LogP contribution in [0.5, 0.6) is 0 Å². The molecule has 0 aliphatic rings. The van der Waals surface area contributed by atoms with Crippen molar-refractivity contribution in [3.63, 3.8) is 0 Å². The Hall–Kier alpha value is -1.19. The first-order chi connectivity index (χ1) is 4.27. The zero-order chi connectivity index (χ0) is 7.11. The number of aliphatic imine (C=N–C) groups is 1. The highest BCUT2D eigenvalue weighted by Crippen LogP contribution is 1.79. The molecule has 0 aromatic rings. The normalized spacial score (nSPS) is 9.78. The first kappa shape index (κ1) is 7.81. The second kappa shape index (κ2) is 4.96. The molecular weight excluding hydrogens is 122 g/mol. The molecule has 0 aliphatic heterocycles. The van der Waals surface area contributed by atoms with Crippen molar-refractivity contribution in [2.24, 2.45) is 4.99 Å². The van der Waals surface area contributed by atoms with Gasteiger partial charge >= 0.3 is 6.09 Å². The van der Waals surface area contributed by atoms with Gasteiger partial charge in [-0.15, -0.1) is 0 Å². The zero-order valence-electron chi connectivity index (χ0n) is 4.78. The van der Waals surface area contributed by atoms with E-state index in [2.05, 4.69) is 4.99 Å². The molecule has 4 heteroatoms. The summed E-state index contributed by atoms with van der Waals surface area (Å²) >= 11 is 0. The molecule has 9 heavy (non-hydrogen) atoms. The summed E-state index contributed by atoms with van der Waals surface area (Å²) in [5, 5.41) is 7.93. The highest BCUT2D eigenvalue weighted by molar-refractivity contribution is 5.78. The van der Waals surface area contributed by atoms with Crippen LogP contribution in [0.3, 0.4) is 0 Å². The van der Waals surface area contributed by atoms with Gasteiger partial charge in [0.25, 0.3) is 0 Å². The highest BCUT2D eigenvalue weighted by atomic mass is 16.4. The van der Waals surface area contributed by atoms with Gasteiger partial charge in [-0.25, -0.2) is 4.79 Å². The Kier molecular flexibility index (Phi) is 4.30. The minimum absolute atomic E-state index is 0.330. The number of aldehydes is 1. The average Bonchev–Trinajstić information content (AvgIpc) is 1.80. The summed E-state index contributed by atoms with van der Waals surface area (Å²) in [6, 6.07) is 0. The summed E-state index contributed by atoms with van der Waals surface area (Å²) in [6.45, 7) is 0. The van der Waals surface area contributed by atoms with Crippen LogP contribution in [0.2, 0.25) is 0 Å². The molecule has 0 unspecified atom stereocenters. The maximum atomic E-state index is 9.68. The molecule has 0 rings (SSSR count). The first-order valence-corrected chi connectivity index (χ1v) is 2.46. The van der Waals surface area contributed by atoms with Crippen LogP contribution in [-0.4, -0.2) is 23.7 Å². The van der Waals surface area contributed by atoms with E-state index in [0.29, 0.717) is 19.1 Å². The van der Waals surface area contributed by atoms with Crippen molar-refractivity contribution in [1.82, 2.24) is 0 Å². The minimum Gasteiger partial charge on any atom is -0.463 e. The molecule has 1 N–H and O–H groups in total. The van der Waals surface area contributed by atoms with Crippen molar-refractivity contribution >= 4 is 18.6 Å². The summed E-state index contributed by atoms with van der Waals surface area (Å²) in [7, 11) is 0. The molecule has 0 saturated heterocycles. The van der Waals surface area contributed by atoms with Gasteiger partial charge in [0.05, 0.1) is 0 Å². The molecule has 0 aliphatic carbocycles. The maximum Gasteiger partial charge on any atom is 0.430 e. The van der Waals surface area contributed by atoms with E-state index in [-0.39, 0.29) is 0 Å². The summed E-state index contributed by atoms with van der Waals surface area (Å²) in [6.07, 6.45) is 1.43. The summed E-state index contributed by atoms with van der Waals surface area (Å²) in [4.78, 5) is 22.3. The lowest BCUT2D eigenvalue weighted by atomic mass is 10.4. The molecule has 1 amide bonds. The van der Waals surface area contributed by atoms with Crippen LogP contribution in [0.15, 0.2) is 4.99 Å². The number of amides is 1. The molecule has 0 saturated carbocycles. The summed E-state index contributed by atoms with van der Waals surface area (Å²) < 4.78 is 0. The Bertz CT molecular complexity index is 130. The van der Waals surface area contributed by atoms with Gasteiger partial charge in [-0.3, -0.25) is 0 Å². The van der Waals surface area contributed by atoms with Gasteiger partial charge in [-0.2, -0.15) is 4.99 Å². The zero-order valence-corrected chi connectivity index (χ0v) is 4.78. The van der Waals surface area contributed by atoms with Gasteiger partial charge in [0.15, 0.2) is 0 Å². The van der Waals surface area contributed by atoms with Gasteiger partial charge in [0.2, 0.25) is 0 Å². The van der Waals surface area contributed by atoms with Crippen LogP contribution < -0.4 is 0 Å². The summed E-state index contributed by atoms with van der Waals surface area (Å²) in [5.41, 5.74) is 0. The number of nitrogens with zero attached hydrogens (tertiary/aromatic N) is 1. The Labute approximate surface area is 52.2 Å². The number of rotatable bonds is 3. The minimum atomic E-state index is -1.22. The third kappa shape index (κ3) is 6.81. The highest BCUT2D eigenvalue weighted by Gasteiger charge is 1.84. The molecule has 0 fully saturated rings. The van der Waals surface area contributed by atoms with Crippen LogP contribution in [0.25, 0.3) is 0 Å². The quantitative estimate of drug-likeness (QED) is 0.346. The lowest BCUT2D eigenvalue weighted by molar-refractivity contribution is -0.107. The van der Waals surface area contributed by atoms with E-state index in [4.69, 9.17) is 5.11 Å². The first-order valence-electron chi connectivity index (χ1n) is 2.46. The summed E-state index contributed by atoms with van der Waals surface area (Å²) in [5.74, 6) is 0. The third-order valence-electron chi connectivity index (χ3n) is 0.615. The largest absolute Gasteiger partial charge is 0.463 e. The van der Waals surface area contributed by atoms with E-state index in [9.17, 15) is 9.59 Å². The van der Waals surface area contributed by atoms with Gasteiger partial charge in [0.1, 0.15) is 6.29 Å². The fourth-order valence-corrected chi connectivity index (χ4v) is 0.285. The lowest BCUT2D eigenvalue weighted by Gasteiger charge is -1.78. The molecule has 0 aromatic heterocycles. The van der Waals surface area contributed by atoms with Crippen molar-refractivity contribution in [3.05, 3.63) is 0 Å². The fourth-order valence-electron chi connectivity index (χ4n) is 0.285. The predicted molar refractivity (Wildman–Crippen MR) is 31.8 cm³/mol. The van der Waals surface area contributed by atoms with Gasteiger partial charge in [-0.05, 0) is 6.42 Å². The number of hydrogen-bond acceptors (Lipinski definition) is 2. The maximum absolute atomic E-state index is 9.68. The van der Waals surface area contributed by atoms with E-state index in [0.717, 1.165) is 0 Å². The third-order valence-corrected chi connectivity index (χ3v) is 0.615. The second-order valence-electron chi connectivity index (χ2n) is 1.34. The lowest BCUT2D eigenvalue weighted by Crippen LogP contribution is -1.86. The van der Waals surface area contributed by atoms with Crippen LogP contribution in [0.4, 0.5) is 4.79 Å². The Balaban J connectivity index is 3.24. The van der Waals surface area contributed by atoms with Crippen molar-refractivity contribution in [3.8, 4) is 0 Å². The van der Waals surface area contributed by atoms with Gasteiger partial charge in [0, 0.05) is 12.6 Å². The number of unbranched alkanes of at least 4 members (excludes halogenated alkanes) is 1. The average molecular weight is 129 g/mol. The van der Waals surface area contributed by atoms with Gasteiger partial charge in [-0.1, -0.05) is 0 Å². The fraction of sp³-hybridized carbons (Fsp3) is 0.400. The molecule has 50 valence electrons. The number of carbonyl (C=O) groups is 2. The monoisotopic (exact) mass is 129 g/mol. The molecule has 0 bridgehead atoms. The second-order valence-corrected chi connectivity index (χ2v) is 1.34. The van der Waals surface area contributed by atoms with E-state index < -0.39 is 6.09 Å².